The molecule has 0 aromatic heterocycles. The first-order valence-corrected chi connectivity index (χ1v) is 4.74. The van der Waals surface area contributed by atoms with E-state index in [0.717, 1.165) is 25.7 Å². The van der Waals surface area contributed by atoms with Gasteiger partial charge in [0.05, 0.1) is 11.8 Å². The molecule has 1 aliphatic heterocycles. The summed E-state index contributed by atoms with van der Waals surface area (Å²) in [5, 5.41) is 0.619. The van der Waals surface area contributed by atoms with Gasteiger partial charge in [0.2, 0.25) is 0 Å². The van der Waals surface area contributed by atoms with Gasteiger partial charge in [0, 0.05) is 0 Å². The first-order valence-electron chi connectivity index (χ1n) is 4.74. The highest BCUT2D eigenvalue weighted by molar-refractivity contribution is 6.04. The monoisotopic (exact) mass is 197 g/mol. The first-order chi connectivity index (χ1) is 6.75. The molecule has 2 unspecified atom stereocenters. The molecule has 14 heavy (non-hydrogen) atoms. The van der Waals surface area contributed by atoms with Gasteiger partial charge in [-0.15, -0.1) is 5.06 Å². The van der Waals surface area contributed by atoms with E-state index in [-0.39, 0.29) is 30.1 Å². The fourth-order valence-corrected chi connectivity index (χ4v) is 2.28. The lowest BCUT2D eigenvalue weighted by Gasteiger charge is -2.19. The first kappa shape index (κ1) is 9.18. The fourth-order valence-electron chi connectivity index (χ4n) is 2.28. The molecule has 2 aliphatic rings. The fraction of sp³-hybridized carbons (Fsp3) is 0.667. The minimum Gasteiger partial charge on any atom is -0.334 e. The Morgan fingerprint density at radius 2 is 1.64 bits per heavy atom. The molecule has 1 saturated carbocycles. The summed E-state index contributed by atoms with van der Waals surface area (Å²) in [5.74, 6) is -1.22. The molecule has 0 radical (unpaired) electrons. The number of carbonyl (C=O) groups is 3. The lowest BCUT2D eigenvalue weighted by atomic mass is 9.81. The molecule has 0 bridgehead atoms. The molecule has 2 atom stereocenters. The molecule has 0 aromatic rings. The Morgan fingerprint density at radius 1 is 1.14 bits per heavy atom. The Kier molecular flexibility index (Phi) is 2.23. The van der Waals surface area contributed by atoms with Gasteiger partial charge in [0.25, 0.3) is 11.8 Å². The number of hydrogen-bond acceptors (Lipinski definition) is 4. The highest BCUT2D eigenvalue weighted by atomic mass is 16.7. The van der Waals surface area contributed by atoms with Crippen LogP contribution in [0.4, 0.5) is 0 Å². The highest BCUT2D eigenvalue weighted by Gasteiger charge is 2.49. The van der Waals surface area contributed by atoms with Crippen molar-refractivity contribution in [1.29, 1.82) is 0 Å². The van der Waals surface area contributed by atoms with E-state index in [1.54, 1.807) is 0 Å². The van der Waals surface area contributed by atoms with Gasteiger partial charge >= 0.3 is 6.47 Å². The molecule has 2 amide bonds. The summed E-state index contributed by atoms with van der Waals surface area (Å²) in [7, 11) is 0. The predicted molar refractivity (Wildman–Crippen MR) is 44.5 cm³/mol. The second-order valence-corrected chi connectivity index (χ2v) is 3.67. The maximum absolute atomic E-state index is 11.6. The number of rotatable bonds is 2. The molecule has 2 rings (SSSR count). The Hall–Kier alpha value is -1.39. The zero-order valence-electron chi connectivity index (χ0n) is 7.64. The van der Waals surface area contributed by atoms with Crippen molar-refractivity contribution in [3.05, 3.63) is 0 Å². The number of hydroxylamine groups is 2. The summed E-state index contributed by atoms with van der Waals surface area (Å²) < 4.78 is 0. The van der Waals surface area contributed by atoms with Crippen molar-refractivity contribution in [3.63, 3.8) is 0 Å². The number of imide groups is 1. The number of amides is 2. The van der Waals surface area contributed by atoms with Crippen LogP contribution in [-0.2, 0) is 19.2 Å². The van der Waals surface area contributed by atoms with Crippen molar-refractivity contribution in [2.45, 2.75) is 25.7 Å². The van der Waals surface area contributed by atoms with Crippen LogP contribution in [0.5, 0.6) is 0 Å². The maximum atomic E-state index is 11.6. The van der Waals surface area contributed by atoms with Gasteiger partial charge in [-0.1, -0.05) is 12.8 Å². The molecular formula is C9H11NO4. The van der Waals surface area contributed by atoms with Crippen LogP contribution in [0.2, 0.25) is 0 Å². The average molecular weight is 197 g/mol. The van der Waals surface area contributed by atoms with Crippen molar-refractivity contribution in [3.8, 4) is 0 Å². The quantitative estimate of drug-likeness (QED) is 0.470. The second-order valence-electron chi connectivity index (χ2n) is 3.67. The highest BCUT2D eigenvalue weighted by Crippen LogP contribution is 2.37. The lowest BCUT2D eigenvalue weighted by Crippen LogP contribution is -2.30. The van der Waals surface area contributed by atoms with Crippen LogP contribution < -0.4 is 0 Å². The van der Waals surface area contributed by atoms with Gasteiger partial charge in [0.1, 0.15) is 0 Å². The van der Waals surface area contributed by atoms with Gasteiger partial charge in [-0.2, -0.15) is 0 Å². The number of nitrogens with zero attached hydrogens (tertiary/aromatic N) is 1. The molecule has 0 aromatic carbocycles. The van der Waals surface area contributed by atoms with E-state index in [0.29, 0.717) is 5.06 Å². The molecule has 2 fully saturated rings. The van der Waals surface area contributed by atoms with Crippen LogP contribution in [0.25, 0.3) is 0 Å². The molecule has 5 nitrogen and oxygen atoms in total. The zero-order chi connectivity index (χ0) is 10.1. The maximum Gasteiger partial charge on any atom is 0.321 e. The molecular weight excluding hydrogens is 186 g/mol. The van der Waals surface area contributed by atoms with Crippen molar-refractivity contribution >= 4 is 18.3 Å². The number of carbonyl (C=O) groups excluding carboxylic acids is 3. The summed E-state index contributed by atoms with van der Waals surface area (Å²) in [6, 6.07) is 0. The molecule has 76 valence electrons. The molecule has 1 saturated heterocycles. The minimum atomic E-state index is -0.355. The minimum absolute atomic E-state index is 0.118. The van der Waals surface area contributed by atoms with Crippen molar-refractivity contribution < 1.29 is 19.2 Å². The normalized spacial score (nSPS) is 31.6. The molecule has 1 aliphatic carbocycles. The molecule has 0 spiro atoms. The SMILES string of the molecule is O=CON1C(=O)C2CCCCC2C1=O. The van der Waals surface area contributed by atoms with E-state index < -0.39 is 0 Å². The third-order valence-electron chi connectivity index (χ3n) is 2.95. The van der Waals surface area contributed by atoms with Crippen LogP contribution in [0.3, 0.4) is 0 Å². The van der Waals surface area contributed by atoms with Gasteiger partial charge in [-0.3, -0.25) is 14.4 Å². The second kappa shape index (κ2) is 3.40. The standard InChI is InChI=1S/C9H11NO4/c11-5-14-10-8(12)6-3-1-2-4-7(6)9(10)13/h5-7H,1-4H2. The van der Waals surface area contributed by atoms with Crippen molar-refractivity contribution in [1.82, 2.24) is 5.06 Å². The molecule has 5 heteroatoms. The van der Waals surface area contributed by atoms with E-state index in [2.05, 4.69) is 4.84 Å². The Morgan fingerprint density at radius 3 is 2.07 bits per heavy atom. The average Bonchev–Trinajstić information content (AvgIpc) is 2.45. The van der Waals surface area contributed by atoms with Crippen molar-refractivity contribution in [2.24, 2.45) is 11.8 Å². The molecule has 0 N–H and O–H groups in total. The van der Waals surface area contributed by atoms with Crippen LogP contribution in [0.15, 0.2) is 0 Å². The lowest BCUT2D eigenvalue weighted by molar-refractivity contribution is -0.189. The Labute approximate surface area is 81.0 Å². The topological polar surface area (TPSA) is 63.7 Å². The zero-order valence-corrected chi connectivity index (χ0v) is 7.64. The van der Waals surface area contributed by atoms with Crippen LogP contribution >= 0.6 is 0 Å². The summed E-state index contributed by atoms with van der Waals surface area (Å²) in [4.78, 5) is 37.6. The summed E-state index contributed by atoms with van der Waals surface area (Å²) in [6.07, 6.45) is 3.39. The van der Waals surface area contributed by atoms with Gasteiger partial charge in [-0.05, 0) is 12.8 Å². The van der Waals surface area contributed by atoms with E-state index in [1.165, 1.54) is 0 Å². The third-order valence-corrected chi connectivity index (χ3v) is 2.95. The van der Waals surface area contributed by atoms with E-state index in [4.69, 9.17) is 0 Å². The van der Waals surface area contributed by atoms with Gasteiger partial charge < -0.3 is 4.84 Å². The Bertz CT molecular complexity index is 265. The smallest absolute Gasteiger partial charge is 0.321 e. The van der Waals surface area contributed by atoms with E-state index in [9.17, 15) is 14.4 Å². The largest absolute Gasteiger partial charge is 0.334 e. The van der Waals surface area contributed by atoms with Gasteiger partial charge in [-0.25, -0.2) is 0 Å². The number of hydrogen-bond donors (Lipinski definition) is 0. The van der Waals surface area contributed by atoms with Crippen LogP contribution in [-0.4, -0.2) is 23.3 Å². The summed E-state index contributed by atoms with van der Waals surface area (Å²) >= 11 is 0. The summed E-state index contributed by atoms with van der Waals surface area (Å²) in [5.41, 5.74) is 0. The predicted octanol–water partition coefficient (Wildman–Crippen LogP) is 0.250. The van der Waals surface area contributed by atoms with Crippen LogP contribution in [0, 0.1) is 11.8 Å². The van der Waals surface area contributed by atoms with Crippen molar-refractivity contribution in [2.75, 3.05) is 0 Å². The van der Waals surface area contributed by atoms with Crippen LogP contribution in [0.1, 0.15) is 25.7 Å². The van der Waals surface area contributed by atoms with E-state index in [1.807, 2.05) is 0 Å². The Balaban J connectivity index is 2.19. The summed E-state index contributed by atoms with van der Waals surface area (Å²) in [6.45, 7) is 0.118. The third kappa shape index (κ3) is 1.20. The molecule has 1 heterocycles. The number of fused-ring (bicyclic) bond motifs is 1. The van der Waals surface area contributed by atoms with E-state index >= 15 is 0 Å². The van der Waals surface area contributed by atoms with Gasteiger partial charge in [0.15, 0.2) is 0 Å².